The van der Waals surface area contributed by atoms with Crippen LogP contribution < -0.4 is 9.44 Å². The van der Waals surface area contributed by atoms with E-state index in [1.54, 1.807) is 24.3 Å². The third-order valence-corrected chi connectivity index (χ3v) is 15.0. The molecule has 0 heterocycles. The zero-order valence-corrected chi connectivity index (χ0v) is 32.9. The number of nitrogens with one attached hydrogen (secondary N) is 2. The summed E-state index contributed by atoms with van der Waals surface area (Å²) in [6.07, 6.45) is -3.60. The maximum atomic E-state index is 13.6. The van der Waals surface area contributed by atoms with Gasteiger partial charge in [-0.3, -0.25) is 19.2 Å². The number of ether oxygens (including phenoxy) is 4. The van der Waals surface area contributed by atoms with Gasteiger partial charge < -0.3 is 18.9 Å². The van der Waals surface area contributed by atoms with Crippen molar-refractivity contribution in [2.75, 3.05) is 0 Å². The Hall–Kier alpha value is -3.16. The van der Waals surface area contributed by atoms with Crippen LogP contribution in [-0.2, 0) is 58.2 Å². The van der Waals surface area contributed by atoms with Gasteiger partial charge in [0.05, 0.1) is 9.79 Å². The van der Waals surface area contributed by atoms with Crippen molar-refractivity contribution >= 4 is 65.5 Å². The van der Waals surface area contributed by atoms with E-state index >= 15 is 0 Å². The molecule has 0 amide bonds. The number of benzene rings is 2. The molecule has 0 aliphatic heterocycles. The highest BCUT2D eigenvalue weighted by Gasteiger charge is 2.46. The highest BCUT2D eigenvalue weighted by atomic mass is 33.1. The van der Waals surface area contributed by atoms with Gasteiger partial charge in [-0.05, 0) is 38.1 Å². The first kappa shape index (κ1) is 41.6. The van der Waals surface area contributed by atoms with Gasteiger partial charge in [0.15, 0.2) is 0 Å². The number of aryl methyl sites for hydroxylation is 2. The smallest absolute Gasteiger partial charge is 0.303 e. The van der Waals surface area contributed by atoms with E-state index in [0.717, 1.165) is 11.1 Å². The quantitative estimate of drug-likeness (QED) is 0.169. The van der Waals surface area contributed by atoms with Gasteiger partial charge in [0.25, 0.3) is 0 Å². The standard InChI is InChI=1S/C34H44N2O12S4/c1-19-7-11-25(12-8-19)51(41,42)35-27-15-29(45-21(3)37)31(47-23(5)39)17-33(27)49-50-34-18-32(48-24(6)40)30(46-22(4)38)16-28(34)36-52(43,44)26-13-9-20(2)10-14-26/h7-14,27-36H,15-18H2,1-6H3/t27-,28-,29+,30+,31-,32-,33-,34-/m1/s1. The van der Waals surface area contributed by atoms with E-state index in [4.69, 9.17) is 18.9 Å². The number of carbonyl (C=O) groups is 4. The monoisotopic (exact) mass is 800 g/mol. The van der Waals surface area contributed by atoms with Crippen LogP contribution in [0.3, 0.4) is 0 Å². The lowest BCUT2D eigenvalue weighted by Crippen LogP contribution is -2.54. The topological polar surface area (TPSA) is 198 Å². The van der Waals surface area contributed by atoms with Crippen LogP contribution in [0.1, 0.15) is 64.5 Å². The number of rotatable bonds is 13. The third kappa shape index (κ3) is 11.7. The fourth-order valence-electron chi connectivity index (χ4n) is 6.12. The van der Waals surface area contributed by atoms with Gasteiger partial charge in [0, 0.05) is 76.0 Å². The summed E-state index contributed by atoms with van der Waals surface area (Å²) in [6, 6.07) is 10.9. The summed E-state index contributed by atoms with van der Waals surface area (Å²) in [5.74, 6) is -2.49. The molecule has 4 rings (SSSR count). The number of sulfonamides is 2. The molecule has 0 radical (unpaired) electrons. The average molecular weight is 801 g/mol. The lowest BCUT2D eigenvalue weighted by molar-refractivity contribution is -0.169. The van der Waals surface area contributed by atoms with Gasteiger partial charge in [0.1, 0.15) is 24.4 Å². The zero-order chi connectivity index (χ0) is 38.4. The maximum absolute atomic E-state index is 13.6. The Morgan fingerprint density at radius 1 is 0.519 bits per heavy atom. The Kier molecular flexibility index (Phi) is 14.2. The molecule has 18 heteroatoms. The van der Waals surface area contributed by atoms with Crippen LogP contribution in [0.25, 0.3) is 0 Å². The molecule has 0 spiro atoms. The molecule has 2 aromatic rings. The molecule has 8 atom stereocenters. The third-order valence-electron chi connectivity index (χ3n) is 8.48. The fraction of sp³-hybridized carbons (Fsp3) is 0.529. The Labute approximate surface area is 312 Å². The minimum atomic E-state index is -4.07. The average Bonchev–Trinajstić information content (AvgIpc) is 3.02. The summed E-state index contributed by atoms with van der Waals surface area (Å²) < 4.78 is 82.0. The Morgan fingerprint density at radius 2 is 0.788 bits per heavy atom. The molecule has 2 aliphatic carbocycles. The van der Waals surface area contributed by atoms with E-state index in [1.807, 2.05) is 13.8 Å². The predicted molar refractivity (Wildman–Crippen MR) is 194 cm³/mol. The zero-order valence-electron chi connectivity index (χ0n) is 29.6. The second kappa shape index (κ2) is 17.8. The molecule has 0 saturated heterocycles. The van der Waals surface area contributed by atoms with Crippen molar-refractivity contribution in [2.45, 2.75) is 124 Å². The van der Waals surface area contributed by atoms with Crippen molar-refractivity contribution < 1.29 is 55.0 Å². The van der Waals surface area contributed by atoms with Crippen LogP contribution in [0.15, 0.2) is 58.3 Å². The first-order chi connectivity index (χ1) is 24.3. The van der Waals surface area contributed by atoms with Gasteiger partial charge in [-0.25, -0.2) is 26.3 Å². The first-order valence-electron chi connectivity index (χ1n) is 16.5. The van der Waals surface area contributed by atoms with E-state index < -0.39 is 90.9 Å². The fourth-order valence-corrected chi connectivity index (χ4v) is 12.5. The molecule has 0 unspecified atom stereocenters. The number of hydrogen-bond acceptors (Lipinski definition) is 14. The highest BCUT2D eigenvalue weighted by Crippen LogP contribution is 2.45. The van der Waals surface area contributed by atoms with Crippen molar-refractivity contribution in [1.82, 2.24) is 9.44 Å². The molecular weight excluding hydrogens is 757 g/mol. The number of carbonyl (C=O) groups excluding carboxylic acids is 4. The molecule has 0 aromatic heterocycles. The molecule has 286 valence electrons. The normalized spacial score (nSPS) is 26.5. The lowest BCUT2D eigenvalue weighted by Gasteiger charge is -2.42. The minimum Gasteiger partial charge on any atom is -0.459 e. The van der Waals surface area contributed by atoms with Crippen molar-refractivity contribution in [1.29, 1.82) is 0 Å². The van der Waals surface area contributed by atoms with Crippen LogP contribution in [0.4, 0.5) is 0 Å². The second-order valence-corrected chi connectivity index (χ2v) is 19.1. The van der Waals surface area contributed by atoms with Crippen molar-refractivity contribution in [2.24, 2.45) is 0 Å². The molecule has 2 fully saturated rings. The van der Waals surface area contributed by atoms with Crippen LogP contribution >= 0.6 is 21.6 Å². The van der Waals surface area contributed by atoms with Crippen molar-refractivity contribution in [3.63, 3.8) is 0 Å². The Balaban J connectivity index is 1.67. The van der Waals surface area contributed by atoms with E-state index in [9.17, 15) is 36.0 Å². The largest absolute Gasteiger partial charge is 0.459 e. The molecule has 52 heavy (non-hydrogen) atoms. The molecule has 0 bridgehead atoms. The van der Waals surface area contributed by atoms with Gasteiger partial charge in [-0.2, -0.15) is 0 Å². The van der Waals surface area contributed by atoms with Crippen molar-refractivity contribution in [3.8, 4) is 0 Å². The summed E-state index contributed by atoms with van der Waals surface area (Å²) in [5.41, 5.74) is 1.73. The van der Waals surface area contributed by atoms with E-state index in [2.05, 4.69) is 9.44 Å². The summed E-state index contributed by atoms with van der Waals surface area (Å²) in [7, 11) is -5.67. The van der Waals surface area contributed by atoms with Crippen molar-refractivity contribution in [3.05, 3.63) is 59.7 Å². The minimum absolute atomic E-state index is 0.0271. The first-order valence-corrected chi connectivity index (χ1v) is 21.8. The summed E-state index contributed by atoms with van der Waals surface area (Å²) in [6.45, 7) is 8.50. The molecule has 2 aliphatic rings. The van der Waals surface area contributed by atoms with Crippen LogP contribution in [0.5, 0.6) is 0 Å². The summed E-state index contributed by atoms with van der Waals surface area (Å²) in [4.78, 5) is 48.3. The van der Waals surface area contributed by atoms with E-state index in [1.165, 1.54) is 73.5 Å². The molecule has 2 aromatic carbocycles. The highest BCUT2D eigenvalue weighted by molar-refractivity contribution is 8.77. The molecule has 2 N–H and O–H groups in total. The molecular formula is C34H44N2O12S4. The van der Waals surface area contributed by atoms with Gasteiger partial charge >= 0.3 is 23.9 Å². The van der Waals surface area contributed by atoms with Crippen LogP contribution in [0.2, 0.25) is 0 Å². The van der Waals surface area contributed by atoms with Gasteiger partial charge in [0.2, 0.25) is 20.0 Å². The Morgan fingerprint density at radius 3 is 1.06 bits per heavy atom. The molecule has 14 nitrogen and oxygen atoms in total. The van der Waals surface area contributed by atoms with Gasteiger partial charge in [-0.15, -0.1) is 0 Å². The molecule has 2 saturated carbocycles. The van der Waals surface area contributed by atoms with E-state index in [0.29, 0.717) is 0 Å². The Bertz CT molecular complexity index is 1690. The predicted octanol–water partition coefficient (Wildman–Crippen LogP) is 3.73. The maximum Gasteiger partial charge on any atom is 0.303 e. The lowest BCUT2D eigenvalue weighted by atomic mass is 9.90. The van der Waals surface area contributed by atoms with E-state index in [-0.39, 0.29) is 35.5 Å². The number of hydrogen-bond donors (Lipinski definition) is 2. The summed E-state index contributed by atoms with van der Waals surface area (Å²) >= 11 is 0. The summed E-state index contributed by atoms with van der Waals surface area (Å²) in [5, 5.41) is -1.18. The SMILES string of the molecule is CC(=O)O[C@H]1C[C@@H](NS(=O)(=O)c2ccc(C)cc2)[C@H](SS[C@@H]2C[C@@H](OC(C)=O)[C@@H](OC(C)=O)C[C@H]2NS(=O)(=O)c2ccc(C)cc2)C[C@H]1OC(C)=O. The number of esters is 4. The van der Waals surface area contributed by atoms with Crippen LogP contribution in [0, 0.1) is 13.8 Å². The van der Waals surface area contributed by atoms with Crippen LogP contribution in [-0.4, -0.2) is 87.7 Å². The second-order valence-electron chi connectivity index (χ2n) is 12.9. The van der Waals surface area contributed by atoms with Gasteiger partial charge in [-0.1, -0.05) is 57.0 Å².